The highest BCUT2D eigenvalue weighted by Crippen LogP contribution is 2.17. The first kappa shape index (κ1) is 18.0. The molecule has 0 saturated heterocycles. The van der Waals surface area contributed by atoms with Gasteiger partial charge in [-0.2, -0.15) is 0 Å². The monoisotopic (exact) mass is 255 g/mol. The van der Waals surface area contributed by atoms with Crippen LogP contribution in [0, 0.1) is 11.8 Å². The van der Waals surface area contributed by atoms with E-state index in [2.05, 4.69) is 39.5 Å². The van der Waals surface area contributed by atoms with Crippen LogP contribution in [0.1, 0.15) is 79.6 Å². The minimum atomic E-state index is 0.915. The molecule has 1 nitrogen and oxygen atoms in total. The van der Waals surface area contributed by atoms with Crippen LogP contribution in [0.15, 0.2) is 0 Å². The fourth-order valence-electron chi connectivity index (χ4n) is 2.81. The summed E-state index contributed by atoms with van der Waals surface area (Å²) in [5.74, 6) is 1.84. The van der Waals surface area contributed by atoms with Gasteiger partial charge in [0.2, 0.25) is 0 Å². The van der Waals surface area contributed by atoms with Gasteiger partial charge < -0.3 is 4.90 Å². The van der Waals surface area contributed by atoms with E-state index in [0.29, 0.717) is 0 Å². The smallest absolute Gasteiger partial charge is 0.000955 e. The standard InChI is InChI=1S/C17H37N/c1-6-11-13-17(9-4)15-18(10-5)14-16(8-3)12-7-2/h16-17H,6-15H2,1-5H3. The van der Waals surface area contributed by atoms with E-state index >= 15 is 0 Å². The van der Waals surface area contributed by atoms with Crippen molar-refractivity contribution < 1.29 is 0 Å². The van der Waals surface area contributed by atoms with Gasteiger partial charge in [0.25, 0.3) is 0 Å². The molecule has 0 saturated carbocycles. The molecule has 2 atom stereocenters. The van der Waals surface area contributed by atoms with Crippen LogP contribution < -0.4 is 0 Å². The zero-order valence-electron chi connectivity index (χ0n) is 13.7. The van der Waals surface area contributed by atoms with Crippen LogP contribution in [-0.4, -0.2) is 24.5 Å². The maximum Gasteiger partial charge on any atom is 0.000955 e. The molecule has 0 N–H and O–H groups in total. The average Bonchev–Trinajstić information content (AvgIpc) is 2.41. The Kier molecular flexibility index (Phi) is 12.0. The number of hydrogen-bond acceptors (Lipinski definition) is 1. The molecule has 0 aliphatic heterocycles. The van der Waals surface area contributed by atoms with Gasteiger partial charge in [0.1, 0.15) is 0 Å². The highest BCUT2D eigenvalue weighted by Gasteiger charge is 2.14. The topological polar surface area (TPSA) is 3.24 Å². The van der Waals surface area contributed by atoms with E-state index in [9.17, 15) is 0 Å². The first-order valence-corrected chi connectivity index (χ1v) is 8.43. The molecule has 18 heavy (non-hydrogen) atoms. The molecule has 0 radical (unpaired) electrons. The van der Waals surface area contributed by atoms with Gasteiger partial charge in [-0.05, 0) is 31.2 Å². The van der Waals surface area contributed by atoms with Gasteiger partial charge in [-0.3, -0.25) is 0 Å². The molecule has 0 aliphatic rings. The van der Waals surface area contributed by atoms with Crippen molar-refractivity contribution in [3.8, 4) is 0 Å². The lowest BCUT2D eigenvalue weighted by Gasteiger charge is -2.29. The Morgan fingerprint density at radius 2 is 1.28 bits per heavy atom. The van der Waals surface area contributed by atoms with Crippen LogP contribution in [0.4, 0.5) is 0 Å². The van der Waals surface area contributed by atoms with Gasteiger partial charge in [0.05, 0.1) is 0 Å². The Morgan fingerprint density at radius 1 is 0.722 bits per heavy atom. The minimum Gasteiger partial charge on any atom is -0.303 e. The van der Waals surface area contributed by atoms with Gasteiger partial charge in [-0.15, -0.1) is 0 Å². The molecule has 0 rings (SSSR count). The van der Waals surface area contributed by atoms with Crippen molar-refractivity contribution in [2.45, 2.75) is 79.6 Å². The van der Waals surface area contributed by atoms with E-state index in [1.54, 1.807) is 0 Å². The molecule has 0 aromatic carbocycles. The minimum absolute atomic E-state index is 0.915. The van der Waals surface area contributed by atoms with E-state index in [4.69, 9.17) is 0 Å². The van der Waals surface area contributed by atoms with Crippen molar-refractivity contribution in [1.29, 1.82) is 0 Å². The predicted molar refractivity (Wildman–Crippen MR) is 84.1 cm³/mol. The zero-order valence-corrected chi connectivity index (χ0v) is 13.7. The van der Waals surface area contributed by atoms with E-state index in [0.717, 1.165) is 11.8 Å². The van der Waals surface area contributed by atoms with Crippen molar-refractivity contribution in [3.05, 3.63) is 0 Å². The summed E-state index contributed by atoms with van der Waals surface area (Å²) in [6, 6.07) is 0. The summed E-state index contributed by atoms with van der Waals surface area (Å²) in [5.41, 5.74) is 0. The molecule has 0 amide bonds. The van der Waals surface area contributed by atoms with Crippen molar-refractivity contribution >= 4 is 0 Å². The molecule has 2 unspecified atom stereocenters. The molecule has 0 spiro atoms. The lowest BCUT2D eigenvalue weighted by molar-refractivity contribution is 0.190. The predicted octanol–water partition coefficient (Wildman–Crippen LogP) is 5.35. The molecule has 110 valence electrons. The third kappa shape index (κ3) is 8.13. The first-order chi connectivity index (χ1) is 8.71. The van der Waals surface area contributed by atoms with Gasteiger partial charge >= 0.3 is 0 Å². The SMILES string of the molecule is CCCCC(CC)CN(CC)CC(CC)CCC. The Labute approximate surface area is 116 Å². The number of hydrogen-bond donors (Lipinski definition) is 0. The van der Waals surface area contributed by atoms with Crippen molar-refractivity contribution in [1.82, 2.24) is 4.90 Å². The first-order valence-electron chi connectivity index (χ1n) is 8.43. The second kappa shape index (κ2) is 12.0. The molecule has 0 fully saturated rings. The number of nitrogens with zero attached hydrogens (tertiary/aromatic N) is 1. The van der Waals surface area contributed by atoms with Gasteiger partial charge in [-0.25, -0.2) is 0 Å². The van der Waals surface area contributed by atoms with Crippen molar-refractivity contribution in [2.24, 2.45) is 11.8 Å². The van der Waals surface area contributed by atoms with E-state index in [1.165, 1.54) is 64.6 Å². The Hall–Kier alpha value is -0.0400. The summed E-state index contributed by atoms with van der Waals surface area (Å²) >= 11 is 0. The highest BCUT2D eigenvalue weighted by atomic mass is 15.1. The number of unbranched alkanes of at least 4 members (excludes halogenated alkanes) is 1. The molecule has 0 bridgehead atoms. The molecule has 0 aromatic rings. The molecule has 0 aliphatic carbocycles. The van der Waals surface area contributed by atoms with Crippen molar-refractivity contribution in [2.75, 3.05) is 19.6 Å². The highest BCUT2D eigenvalue weighted by molar-refractivity contribution is 4.68. The Bertz CT molecular complexity index is 167. The largest absolute Gasteiger partial charge is 0.303 e. The van der Waals surface area contributed by atoms with E-state index in [-0.39, 0.29) is 0 Å². The summed E-state index contributed by atoms with van der Waals surface area (Å²) in [7, 11) is 0. The average molecular weight is 255 g/mol. The van der Waals surface area contributed by atoms with Gasteiger partial charge in [0, 0.05) is 13.1 Å². The van der Waals surface area contributed by atoms with E-state index in [1.807, 2.05) is 0 Å². The zero-order chi connectivity index (χ0) is 13.8. The molecule has 1 heteroatoms. The normalized spacial score (nSPS) is 15.0. The van der Waals surface area contributed by atoms with Crippen LogP contribution in [0.5, 0.6) is 0 Å². The maximum atomic E-state index is 2.70. The summed E-state index contributed by atoms with van der Waals surface area (Å²) in [5, 5.41) is 0. The van der Waals surface area contributed by atoms with Gasteiger partial charge in [0.15, 0.2) is 0 Å². The second-order valence-corrected chi connectivity index (χ2v) is 5.83. The molecular weight excluding hydrogens is 218 g/mol. The second-order valence-electron chi connectivity index (χ2n) is 5.83. The van der Waals surface area contributed by atoms with Crippen LogP contribution in [0.2, 0.25) is 0 Å². The quantitative estimate of drug-likeness (QED) is 0.454. The van der Waals surface area contributed by atoms with Crippen LogP contribution in [0.3, 0.4) is 0 Å². The fourth-order valence-corrected chi connectivity index (χ4v) is 2.81. The molecule has 0 heterocycles. The van der Waals surface area contributed by atoms with Crippen LogP contribution in [-0.2, 0) is 0 Å². The fraction of sp³-hybridized carbons (Fsp3) is 1.00. The Morgan fingerprint density at radius 3 is 1.67 bits per heavy atom. The summed E-state index contributed by atoms with van der Waals surface area (Å²) in [6.45, 7) is 15.5. The maximum absolute atomic E-state index is 2.70. The summed E-state index contributed by atoms with van der Waals surface area (Å²) in [6.07, 6.45) is 9.60. The number of rotatable bonds is 12. The van der Waals surface area contributed by atoms with Crippen LogP contribution >= 0.6 is 0 Å². The van der Waals surface area contributed by atoms with Crippen molar-refractivity contribution in [3.63, 3.8) is 0 Å². The van der Waals surface area contributed by atoms with Crippen LogP contribution in [0.25, 0.3) is 0 Å². The third-order valence-electron chi connectivity index (χ3n) is 4.30. The van der Waals surface area contributed by atoms with Gasteiger partial charge in [-0.1, -0.05) is 66.7 Å². The van der Waals surface area contributed by atoms with E-state index < -0.39 is 0 Å². The summed E-state index contributed by atoms with van der Waals surface area (Å²) in [4.78, 5) is 2.70. The third-order valence-corrected chi connectivity index (χ3v) is 4.30. The lowest BCUT2D eigenvalue weighted by Crippen LogP contribution is -2.33. The molecular formula is C17H37N. The molecule has 0 aromatic heterocycles. The Balaban J connectivity index is 4.12. The summed E-state index contributed by atoms with van der Waals surface area (Å²) < 4.78 is 0. The lowest BCUT2D eigenvalue weighted by atomic mass is 9.96.